The van der Waals surface area contributed by atoms with Gasteiger partial charge in [-0.15, -0.1) is 0 Å². The monoisotopic (exact) mass is 915 g/mol. The summed E-state index contributed by atoms with van der Waals surface area (Å²) in [5, 5.41) is 0. The number of hydrogen-bond acceptors (Lipinski definition) is 6. The van der Waals surface area contributed by atoms with Crippen LogP contribution in [0.15, 0.2) is 109 Å². The minimum atomic E-state index is -0.818. The fourth-order valence-electron chi connectivity index (χ4n) is 7.00. The molecule has 0 aromatic heterocycles. The van der Waals surface area contributed by atoms with Crippen LogP contribution in [0.25, 0.3) is 0 Å². The van der Waals surface area contributed by atoms with Gasteiger partial charge in [-0.3, -0.25) is 14.4 Å². The van der Waals surface area contributed by atoms with Crippen molar-refractivity contribution >= 4 is 17.9 Å². The summed E-state index contributed by atoms with van der Waals surface area (Å²) < 4.78 is 16.7. The van der Waals surface area contributed by atoms with Crippen LogP contribution in [-0.2, 0) is 28.6 Å². The molecule has 1 atom stereocenters. The van der Waals surface area contributed by atoms with Gasteiger partial charge in [-0.25, -0.2) is 0 Å². The van der Waals surface area contributed by atoms with Gasteiger partial charge in [0.15, 0.2) is 6.10 Å². The van der Waals surface area contributed by atoms with Gasteiger partial charge >= 0.3 is 17.9 Å². The number of hydrogen-bond donors (Lipinski definition) is 0. The highest BCUT2D eigenvalue weighted by molar-refractivity contribution is 5.71. The molecule has 6 heteroatoms. The third kappa shape index (κ3) is 51.1. The van der Waals surface area contributed by atoms with Crippen molar-refractivity contribution in [3.8, 4) is 0 Å². The second-order valence-electron chi connectivity index (χ2n) is 17.4. The second kappa shape index (κ2) is 53.7. The van der Waals surface area contributed by atoms with Crippen LogP contribution in [0.5, 0.6) is 0 Å². The number of allylic oxidation sites excluding steroid dienone is 18. The molecule has 0 spiro atoms. The van der Waals surface area contributed by atoms with Gasteiger partial charge in [0.05, 0.1) is 0 Å². The van der Waals surface area contributed by atoms with Crippen LogP contribution in [0.1, 0.15) is 233 Å². The molecule has 0 aliphatic carbocycles. The number of carbonyl (C=O) groups excluding carboxylic acids is 3. The molecule has 0 fully saturated rings. The Morgan fingerprint density at radius 3 is 1.05 bits per heavy atom. The quantitative estimate of drug-likeness (QED) is 0.0262. The highest BCUT2D eigenvalue weighted by Crippen LogP contribution is 2.14. The fourth-order valence-corrected chi connectivity index (χ4v) is 7.00. The molecule has 0 amide bonds. The predicted octanol–water partition coefficient (Wildman–Crippen LogP) is 17.9. The maximum absolute atomic E-state index is 12.8. The predicted molar refractivity (Wildman–Crippen MR) is 283 cm³/mol. The molecular weight excluding hydrogens is 817 g/mol. The van der Waals surface area contributed by atoms with E-state index in [9.17, 15) is 14.4 Å². The molecule has 0 aliphatic rings. The van der Waals surface area contributed by atoms with Crippen LogP contribution in [0.2, 0.25) is 0 Å². The molecule has 0 unspecified atom stereocenters. The van der Waals surface area contributed by atoms with Crippen molar-refractivity contribution in [2.45, 2.75) is 239 Å². The molecule has 0 N–H and O–H groups in total. The first-order valence-corrected chi connectivity index (χ1v) is 26.9. The van der Waals surface area contributed by atoms with Crippen LogP contribution in [-0.4, -0.2) is 37.2 Å². The lowest BCUT2D eigenvalue weighted by atomic mass is 10.0. The van der Waals surface area contributed by atoms with Gasteiger partial charge in [-0.05, 0) is 96.3 Å². The first-order chi connectivity index (χ1) is 32.5. The standard InChI is InChI=1S/C60H98O6/c1-4-7-10-13-16-19-22-25-27-29-30-32-34-36-39-41-44-47-50-53-59(62)65-56-57(66-60(63)54-51-48-45-42-37-24-21-18-15-12-9-6-3)55-64-58(61)52-49-46-43-40-38-35-33-31-28-26-23-20-17-14-11-8-5-2/h8,11,16-17,19-20,25-28,30,32-33,35-36,39,44,47,57H,4-7,9-10,12-15,18,21-24,29,31,34,37-38,40-43,45-46,48-56H2,1-3H3/b11-8-,19-16-,20-17-,27-25-,28-26-,32-30-,35-33-,39-36-,47-44-/t57-/m1/s1. The van der Waals surface area contributed by atoms with Gasteiger partial charge in [0, 0.05) is 19.3 Å². The van der Waals surface area contributed by atoms with E-state index in [2.05, 4.69) is 124 Å². The van der Waals surface area contributed by atoms with Crippen LogP contribution in [0.3, 0.4) is 0 Å². The van der Waals surface area contributed by atoms with Crippen LogP contribution < -0.4 is 0 Å². The van der Waals surface area contributed by atoms with Crippen molar-refractivity contribution in [1.29, 1.82) is 0 Å². The van der Waals surface area contributed by atoms with Crippen LogP contribution in [0, 0.1) is 0 Å². The second-order valence-corrected chi connectivity index (χ2v) is 17.4. The highest BCUT2D eigenvalue weighted by atomic mass is 16.6. The summed E-state index contributed by atoms with van der Waals surface area (Å²) >= 11 is 0. The molecule has 0 aromatic carbocycles. The Balaban J connectivity index is 4.52. The summed E-state index contributed by atoms with van der Waals surface area (Å²) in [6.45, 7) is 6.40. The molecule has 66 heavy (non-hydrogen) atoms. The third-order valence-electron chi connectivity index (χ3n) is 11.0. The number of unbranched alkanes of at least 4 members (excludes halogenated alkanes) is 18. The first kappa shape index (κ1) is 62.1. The molecule has 0 radical (unpaired) electrons. The number of rotatable bonds is 47. The first-order valence-electron chi connectivity index (χ1n) is 26.9. The largest absolute Gasteiger partial charge is 0.462 e. The molecule has 0 aromatic rings. The maximum atomic E-state index is 12.8. The number of ether oxygens (including phenoxy) is 3. The average molecular weight is 915 g/mol. The fraction of sp³-hybridized carbons (Fsp3) is 0.650. The van der Waals surface area contributed by atoms with E-state index in [-0.39, 0.29) is 37.5 Å². The zero-order valence-corrected chi connectivity index (χ0v) is 42.7. The number of carbonyl (C=O) groups is 3. The molecule has 0 saturated heterocycles. The Kier molecular flexibility index (Phi) is 50.5. The van der Waals surface area contributed by atoms with Gasteiger partial charge in [-0.2, -0.15) is 0 Å². The van der Waals surface area contributed by atoms with Crippen molar-refractivity contribution in [1.82, 2.24) is 0 Å². The Morgan fingerprint density at radius 2 is 0.621 bits per heavy atom. The van der Waals surface area contributed by atoms with Crippen LogP contribution in [0.4, 0.5) is 0 Å². The van der Waals surface area contributed by atoms with Crippen molar-refractivity contribution in [3.05, 3.63) is 109 Å². The Labute approximate surface area is 406 Å². The zero-order chi connectivity index (χ0) is 47.9. The van der Waals surface area contributed by atoms with E-state index in [1.807, 2.05) is 6.08 Å². The number of esters is 3. The van der Waals surface area contributed by atoms with E-state index in [0.717, 1.165) is 103 Å². The topological polar surface area (TPSA) is 78.9 Å². The van der Waals surface area contributed by atoms with Crippen molar-refractivity contribution in [2.24, 2.45) is 0 Å². The van der Waals surface area contributed by atoms with Crippen molar-refractivity contribution < 1.29 is 28.6 Å². The molecular formula is C60H98O6. The molecule has 374 valence electrons. The summed E-state index contributed by atoms with van der Waals surface area (Å²) in [5.74, 6) is -1.02. The zero-order valence-electron chi connectivity index (χ0n) is 42.7. The Morgan fingerprint density at radius 1 is 0.318 bits per heavy atom. The van der Waals surface area contributed by atoms with E-state index < -0.39 is 6.10 Å². The smallest absolute Gasteiger partial charge is 0.306 e. The van der Waals surface area contributed by atoms with E-state index in [1.165, 1.54) is 83.5 Å². The molecule has 6 nitrogen and oxygen atoms in total. The lowest BCUT2D eigenvalue weighted by Gasteiger charge is -2.18. The Hall–Kier alpha value is -3.93. The van der Waals surface area contributed by atoms with E-state index >= 15 is 0 Å². The summed E-state index contributed by atoms with van der Waals surface area (Å²) in [4.78, 5) is 38.0. The molecule has 0 bridgehead atoms. The lowest BCUT2D eigenvalue weighted by Crippen LogP contribution is -2.30. The van der Waals surface area contributed by atoms with E-state index in [1.54, 1.807) is 0 Å². The summed E-state index contributed by atoms with van der Waals surface area (Å²) in [5.41, 5.74) is 0. The molecule has 0 aliphatic heterocycles. The maximum Gasteiger partial charge on any atom is 0.306 e. The summed E-state index contributed by atoms with van der Waals surface area (Å²) in [7, 11) is 0. The van der Waals surface area contributed by atoms with E-state index in [0.29, 0.717) is 19.3 Å². The van der Waals surface area contributed by atoms with Crippen molar-refractivity contribution in [2.75, 3.05) is 13.2 Å². The van der Waals surface area contributed by atoms with Crippen LogP contribution >= 0.6 is 0 Å². The lowest BCUT2D eigenvalue weighted by molar-refractivity contribution is -0.166. The minimum Gasteiger partial charge on any atom is -0.462 e. The van der Waals surface area contributed by atoms with Gasteiger partial charge in [0.2, 0.25) is 0 Å². The van der Waals surface area contributed by atoms with E-state index in [4.69, 9.17) is 14.2 Å². The molecule has 0 heterocycles. The third-order valence-corrected chi connectivity index (χ3v) is 11.0. The van der Waals surface area contributed by atoms with Gasteiger partial charge in [-0.1, -0.05) is 226 Å². The average Bonchev–Trinajstić information content (AvgIpc) is 3.31. The SMILES string of the molecule is CC/C=C\C/C=C\C/C=C\C/C=C\CCCCCCC(=O)OC[C@H](COC(=O)CC/C=C\C/C=C\C/C=C\C/C=C\C/C=C\CCCCC)OC(=O)CCCCCCCCCCCCCC. The minimum absolute atomic E-state index is 0.114. The van der Waals surface area contributed by atoms with Gasteiger partial charge in [0.1, 0.15) is 13.2 Å². The molecule has 0 saturated carbocycles. The highest BCUT2D eigenvalue weighted by Gasteiger charge is 2.19. The van der Waals surface area contributed by atoms with Gasteiger partial charge < -0.3 is 14.2 Å². The van der Waals surface area contributed by atoms with Gasteiger partial charge in [0.25, 0.3) is 0 Å². The normalized spacial score (nSPS) is 13.0. The summed E-state index contributed by atoms with van der Waals surface area (Å²) in [6, 6.07) is 0. The summed E-state index contributed by atoms with van der Waals surface area (Å²) in [6.07, 6.45) is 72.2. The molecule has 0 rings (SSSR count). The van der Waals surface area contributed by atoms with Crippen molar-refractivity contribution in [3.63, 3.8) is 0 Å². The Bertz CT molecular complexity index is 1370.